The van der Waals surface area contributed by atoms with Gasteiger partial charge in [0.2, 0.25) is 11.8 Å². The van der Waals surface area contributed by atoms with E-state index in [1.165, 1.54) is 0 Å². The molecule has 1 saturated heterocycles. The van der Waals surface area contributed by atoms with Gasteiger partial charge in [-0.2, -0.15) is 0 Å². The molecule has 1 aromatic heterocycles. The van der Waals surface area contributed by atoms with Gasteiger partial charge in [-0.15, -0.1) is 0 Å². The molecule has 1 atom stereocenters. The monoisotopic (exact) mass is 368 g/mol. The van der Waals surface area contributed by atoms with Crippen LogP contribution in [0.4, 0.5) is 0 Å². The normalized spacial score (nSPS) is 16.5. The first kappa shape index (κ1) is 18.8. The molecule has 0 aliphatic carbocycles. The van der Waals surface area contributed by atoms with Crippen molar-refractivity contribution in [3.63, 3.8) is 0 Å². The van der Waals surface area contributed by atoms with Gasteiger partial charge in [0.05, 0.1) is 7.11 Å². The van der Waals surface area contributed by atoms with Crippen molar-refractivity contribution in [3.05, 3.63) is 42.2 Å². The number of rotatable bonds is 6. The Hall–Kier alpha value is -2.96. The van der Waals surface area contributed by atoms with Crippen LogP contribution in [-0.4, -0.2) is 65.4 Å². The fourth-order valence-electron chi connectivity index (χ4n) is 3.42. The summed E-state index contributed by atoms with van der Waals surface area (Å²) in [5.41, 5.74) is 2.07. The third-order valence-electron chi connectivity index (χ3n) is 4.82. The third-order valence-corrected chi connectivity index (χ3v) is 4.82. The van der Waals surface area contributed by atoms with Crippen LogP contribution in [0.25, 0.3) is 11.3 Å². The van der Waals surface area contributed by atoms with E-state index in [1.807, 2.05) is 24.0 Å². The first-order chi connectivity index (χ1) is 13.0. The highest BCUT2D eigenvalue weighted by molar-refractivity contribution is 5.94. The lowest BCUT2D eigenvalue weighted by Gasteiger charge is -2.21. The zero-order valence-corrected chi connectivity index (χ0v) is 15.9. The third kappa shape index (κ3) is 4.07. The number of methoxy groups -OCH3 is 1. The maximum atomic E-state index is 12.7. The van der Waals surface area contributed by atoms with E-state index in [0.717, 1.165) is 18.7 Å². The Balaban J connectivity index is 1.68. The van der Waals surface area contributed by atoms with Crippen molar-refractivity contribution in [2.45, 2.75) is 13.3 Å². The Morgan fingerprint density at radius 1 is 1.26 bits per heavy atom. The quantitative estimate of drug-likeness (QED) is 0.780. The summed E-state index contributed by atoms with van der Waals surface area (Å²) in [5.74, 6) is 0.746. The fourth-order valence-corrected chi connectivity index (χ4v) is 3.42. The smallest absolute Gasteiger partial charge is 0.253 e. The molecule has 3 rings (SSSR count). The van der Waals surface area contributed by atoms with Crippen molar-refractivity contribution >= 4 is 11.8 Å². The molecule has 0 spiro atoms. The number of nitrogens with zero attached hydrogens (tertiary/aromatic N) is 4. The minimum Gasteiger partial charge on any atom is -0.479 e. The lowest BCUT2D eigenvalue weighted by Crippen LogP contribution is -2.33. The van der Waals surface area contributed by atoms with E-state index in [4.69, 9.17) is 4.74 Å². The number of hydrogen-bond acceptors (Lipinski definition) is 5. The predicted molar refractivity (Wildman–Crippen MR) is 101 cm³/mol. The maximum Gasteiger partial charge on any atom is 0.253 e. The summed E-state index contributed by atoms with van der Waals surface area (Å²) in [5, 5.41) is 0. The van der Waals surface area contributed by atoms with E-state index < -0.39 is 0 Å². The summed E-state index contributed by atoms with van der Waals surface area (Å²) in [6, 6.07) is 7.23. The van der Waals surface area contributed by atoms with Gasteiger partial charge in [0, 0.05) is 62.5 Å². The Kier molecular flexibility index (Phi) is 5.69. The van der Waals surface area contributed by atoms with Gasteiger partial charge in [-0.05, 0) is 19.1 Å². The number of carbonyl (C=O) groups is 2. The standard InChI is InChI=1S/C20H24N4O3/c1-4-24-13-14(11-17(24)25)12-23(2)20(26)16-7-5-15(6-8-16)18-19(27-3)22-10-9-21-18/h5-10,14H,4,11-13H2,1-3H3. The van der Waals surface area contributed by atoms with Crippen molar-refractivity contribution < 1.29 is 14.3 Å². The molecule has 0 N–H and O–H groups in total. The minimum atomic E-state index is -0.0601. The van der Waals surface area contributed by atoms with Crippen LogP contribution in [0.1, 0.15) is 23.7 Å². The van der Waals surface area contributed by atoms with Crippen molar-refractivity contribution in [1.29, 1.82) is 0 Å². The van der Waals surface area contributed by atoms with E-state index in [2.05, 4.69) is 9.97 Å². The van der Waals surface area contributed by atoms with E-state index in [0.29, 0.717) is 30.1 Å². The largest absolute Gasteiger partial charge is 0.479 e. The summed E-state index contributed by atoms with van der Waals surface area (Å²) >= 11 is 0. The summed E-state index contributed by atoms with van der Waals surface area (Å²) < 4.78 is 5.24. The second-order valence-electron chi connectivity index (χ2n) is 6.68. The highest BCUT2D eigenvalue weighted by atomic mass is 16.5. The molecule has 0 bridgehead atoms. The van der Waals surface area contributed by atoms with E-state index in [1.54, 1.807) is 43.6 Å². The molecule has 7 nitrogen and oxygen atoms in total. The van der Waals surface area contributed by atoms with Gasteiger partial charge < -0.3 is 14.5 Å². The molecule has 2 heterocycles. The molecular weight excluding hydrogens is 344 g/mol. The predicted octanol–water partition coefficient (Wildman–Crippen LogP) is 2.09. The molecule has 1 unspecified atom stereocenters. The minimum absolute atomic E-state index is 0.0601. The van der Waals surface area contributed by atoms with Gasteiger partial charge in [-0.3, -0.25) is 9.59 Å². The molecule has 1 fully saturated rings. The average molecular weight is 368 g/mol. The number of ether oxygens (including phenoxy) is 1. The molecular formula is C20H24N4O3. The molecule has 27 heavy (non-hydrogen) atoms. The second kappa shape index (κ2) is 8.16. The van der Waals surface area contributed by atoms with Crippen LogP contribution in [0, 0.1) is 5.92 Å². The van der Waals surface area contributed by atoms with Crippen LogP contribution in [0.5, 0.6) is 5.88 Å². The molecule has 2 amide bonds. The van der Waals surface area contributed by atoms with Crippen LogP contribution in [0.3, 0.4) is 0 Å². The summed E-state index contributed by atoms with van der Waals surface area (Å²) in [7, 11) is 3.33. The summed E-state index contributed by atoms with van der Waals surface area (Å²) in [6.45, 7) is 3.99. The first-order valence-corrected chi connectivity index (χ1v) is 9.02. The van der Waals surface area contributed by atoms with E-state index in [9.17, 15) is 9.59 Å². The zero-order valence-electron chi connectivity index (χ0n) is 15.9. The van der Waals surface area contributed by atoms with Crippen molar-refractivity contribution in [2.24, 2.45) is 5.92 Å². The Morgan fingerprint density at radius 2 is 1.96 bits per heavy atom. The van der Waals surface area contributed by atoms with Crippen molar-refractivity contribution in [2.75, 3.05) is 33.8 Å². The van der Waals surface area contributed by atoms with Crippen LogP contribution in [0.15, 0.2) is 36.7 Å². The first-order valence-electron chi connectivity index (χ1n) is 9.02. The van der Waals surface area contributed by atoms with Gasteiger partial charge in [0.15, 0.2) is 0 Å². The Labute approximate surface area is 159 Å². The fraction of sp³-hybridized carbons (Fsp3) is 0.400. The number of carbonyl (C=O) groups excluding carboxylic acids is 2. The molecule has 142 valence electrons. The molecule has 1 aliphatic heterocycles. The number of amides is 2. The molecule has 1 aliphatic rings. The number of benzene rings is 1. The average Bonchev–Trinajstić information content (AvgIpc) is 3.06. The van der Waals surface area contributed by atoms with Crippen molar-refractivity contribution in [1.82, 2.24) is 19.8 Å². The summed E-state index contributed by atoms with van der Waals surface area (Å²) in [6.07, 6.45) is 3.69. The van der Waals surface area contributed by atoms with Gasteiger partial charge in [0.25, 0.3) is 5.91 Å². The number of aromatic nitrogens is 2. The Morgan fingerprint density at radius 3 is 2.59 bits per heavy atom. The lowest BCUT2D eigenvalue weighted by molar-refractivity contribution is -0.127. The van der Waals surface area contributed by atoms with Gasteiger partial charge in [-0.25, -0.2) is 9.97 Å². The van der Waals surface area contributed by atoms with Gasteiger partial charge in [0.1, 0.15) is 5.69 Å². The SMILES string of the molecule is CCN1CC(CN(C)C(=O)c2ccc(-c3nccnc3OC)cc2)CC1=O. The lowest BCUT2D eigenvalue weighted by atomic mass is 10.1. The van der Waals surface area contributed by atoms with Gasteiger partial charge in [-0.1, -0.05) is 12.1 Å². The molecule has 7 heteroatoms. The number of likely N-dealkylation sites (tertiary alicyclic amines) is 1. The van der Waals surface area contributed by atoms with Crippen LogP contribution in [0.2, 0.25) is 0 Å². The highest BCUT2D eigenvalue weighted by Gasteiger charge is 2.30. The Bertz CT molecular complexity index is 822. The molecule has 0 radical (unpaired) electrons. The number of hydrogen-bond donors (Lipinski definition) is 0. The van der Waals surface area contributed by atoms with Crippen LogP contribution < -0.4 is 4.74 Å². The van der Waals surface area contributed by atoms with E-state index >= 15 is 0 Å². The molecule has 2 aromatic rings. The van der Waals surface area contributed by atoms with Gasteiger partial charge >= 0.3 is 0 Å². The van der Waals surface area contributed by atoms with Crippen molar-refractivity contribution in [3.8, 4) is 17.1 Å². The molecule has 1 aromatic carbocycles. The second-order valence-corrected chi connectivity index (χ2v) is 6.68. The van der Waals surface area contributed by atoms with E-state index in [-0.39, 0.29) is 17.7 Å². The molecule has 0 saturated carbocycles. The summed E-state index contributed by atoms with van der Waals surface area (Å²) in [4.78, 5) is 36.5. The van der Waals surface area contributed by atoms with Crippen LogP contribution in [-0.2, 0) is 4.79 Å². The highest BCUT2D eigenvalue weighted by Crippen LogP contribution is 2.25. The van der Waals surface area contributed by atoms with Crippen LogP contribution >= 0.6 is 0 Å². The topological polar surface area (TPSA) is 75.6 Å². The zero-order chi connectivity index (χ0) is 19.4. The maximum absolute atomic E-state index is 12.7.